The molecule has 1 saturated heterocycles. The molecule has 164 valence electrons. The molecule has 3 aromatic heterocycles. The van der Waals surface area contributed by atoms with E-state index in [0.717, 1.165) is 5.39 Å². The second-order valence-corrected chi connectivity index (χ2v) is 11.6. The van der Waals surface area contributed by atoms with Crippen molar-refractivity contribution in [1.82, 2.24) is 24.3 Å². The molecule has 3 aromatic rings. The summed E-state index contributed by atoms with van der Waals surface area (Å²) in [5.74, 6) is 0.675. The van der Waals surface area contributed by atoms with Crippen LogP contribution >= 0.6 is 28.4 Å². The zero-order valence-electron chi connectivity index (χ0n) is 16.4. The number of rotatable bonds is 7. The minimum absolute atomic E-state index is 0.0871. The molecule has 0 N–H and O–H groups in total. The van der Waals surface area contributed by atoms with E-state index in [1.54, 1.807) is 23.2 Å². The Morgan fingerprint density at radius 2 is 2.16 bits per heavy atom. The largest absolute Gasteiger partial charge is 0.352 e. The van der Waals surface area contributed by atoms with Gasteiger partial charge >= 0.3 is 5.69 Å². The third-order valence-electron chi connectivity index (χ3n) is 5.68. The molecule has 1 aliphatic heterocycles. The molecule has 1 aliphatic carbocycles. The van der Waals surface area contributed by atoms with Gasteiger partial charge in [-0.1, -0.05) is 0 Å². The van der Waals surface area contributed by atoms with Crippen LogP contribution in [0.1, 0.15) is 12.8 Å². The summed E-state index contributed by atoms with van der Waals surface area (Å²) in [5, 5.41) is 21.3. The van der Waals surface area contributed by atoms with Crippen molar-refractivity contribution in [2.24, 2.45) is 0 Å². The van der Waals surface area contributed by atoms with E-state index in [9.17, 15) is 18.7 Å². The summed E-state index contributed by atoms with van der Waals surface area (Å²) in [6.45, 7) is 1.35. The Kier molecular flexibility index (Phi) is 5.25. The number of hydrogen-bond donors (Lipinski definition) is 0. The van der Waals surface area contributed by atoms with Crippen molar-refractivity contribution < 1.29 is 13.5 Å². The van der Waals surface area contributed by atoms with Crippen LogP contribution in [0.4, 0.5) is 15.9 Å². The van der Waals surface area contributed by atoms with Gasteiger partial charge in [0, 0.05) is 36.3 Å². The minimum Gasteiger partial charge on any atom is -0.352 e. The van der Waals surface area contributed by atoms with Crippen molar-refractivity contribution in [3.05, 3.63) is 28.6 Å². The van der Waals surface area contributed by atoms with Crippen LogP contribution in [0.5, 0.6) is 0 Å². The van der Waals surface area contributed by atoms with Crippen LogP contribution in [0.25, 0.3) is 22.3 Å². The van der Waals surface area contributed by atoms with E-state index < -0.39 is 21.4 Å². The van der Waals surface area contributed by atoms with Crippen molar-refractivity contribution in [1.29, 1.82) is 0 Å². The molecule has 2 unspecified atom stereocenters. The molecule has 0 radical (unpaired) electrons. The first kappa shape index (κ1) is 21.1. The molecule has 2 atom stereocenters. The number of nitro groups is 1. The van der Waals surface area contributed by atoms with E-state index in [1.165, 1.54) is 10.6 Å². The maximum absolute atomic E-state index is 14.6. The number of nitrogens with zero attached hydrogens (tertiary/aromatic N) is 7. The van der Waals surface area contributed by atoms with Gasteiger partial charge < -0.3 is 4.90 Å². The third-order valence-corrected chi connectivity index (χ3v) is 8.80. The Bertz CT molecular complexity index is 1220. The smallest absolute Gasteiger partial charge is 0.316 e. The highest BCUT2D eigenvalue weighted by Crippen LogP contribution is 2.43. The van der Waals surface area contributed by atoms with Gasteiger partial charge in [0.2, 0.25) is 0 Å². The molecule has 2 fully saturated rings. The first-order valence-electron chi connectivity index (χ1n) is 9.52. The number of halogens is 2. The van der Waals surface area contributed by atoms with E-state index in [-0.39, 0.29) is 29.5 Å². The fourth-order valence-corrected chi connectivity index (χ4v) is 5.47. The van der Waals surface area contributed by atoms with Gasteiger partial charge in [-0.25, -0.2) is 8.84 Å². The molecule has 4 heterocycles. The normalized spacial score (nSPS) is 19.3. The van der Waals surface area contributed by atoms with E-state index >= 15 is 0 Å². The zero-order valence-corrected chi connectivity index (χ0v) is 20.3. The number of fused-ring (bicyclic) bond motifs is 1. The molecule has 0 bridgehead atoms. The van der Waals surface area contributed by atoms with Gasteiger partial charge in [0.05, 0.1) is 39.7 Å². The highest BCUT2D eigenvalue weighted by Gasteiger charge is 2.44. The van der Waals surface area contributed by atoms with Crippen molar-refractivity contribution >= 4 is 61.6 Å². The molecule has 2 aliphatic rings. The molecular weight excluding hydrogens is 559 g/mol. The van der Waals surface area contributed by atoms with Crippen LogP contribution in [0.2, 0.25) is 0 Å². The molecule has 1 saturated carbocycles. The Balaban J connectivity index is 1.59. The monoisotopic (exact) mass is 577 g/mol. The molecular formula is C17H18FIN7O3PS. The molecule has 5 rings (SSSR count). The second-order valence-electron chi connectivity index (χ2n) is 7.89. The topological polar surface area (TPSA) is 112 Å². The van der Waals surface area contributed by atoms with Gasteiger partial charge in [-0.3, -0.25) is 24.0 Å². The van der Waals surface area contributed by atoms with Crippen molar-refractivity contribution in [3.8, 4) is 11.4 Å². The molecule has 0 amide bonds. The number of aromatic nitrogens is 5. The van der Waals surface area contributed by atoms with Gasteiger partial charge in [0.25, 0.3) is 0 Å². The Morgan fingerprint density at radius 3 is 2.77 bits per heavy atom. The number of alkyl halides is 1. The summed E-state index contributed by atoms with van der Waals surface area (Å²) in [7, 11) is -0.911. The van der Waals surface area contributed by atoms with E-state index in [4.69, 9.17) is 0 Å². The maximum atomic E-state index is 14.6. The van der Waals surface area contributed by atoms with Gasteiger partial charge in [-0.15, -0.1) is 0 Å². The number of anilines is 1. The fraction of sp³-hybridized carbons (Fsp3) is 0.471. The Hall–Kier alpha value is -1.73. The first-order chi connectivity index (χ1) is 14.8. The molecule has 0 aromatic carbocycles. The van der Waals surface area contributed by atoms with Gasteiger partial charge in [0.1, 0.15) is 11.9 Å². The van der Waals surface area contributed by atoms with Crippen LogP contribution < -0.4 is 4.90 Å². The van der Waals surface area contributed by atoms with Crippen molar-refractivity contribution in [3.63, 3.8) is 0 Å². The lowest BCUT2D eigenvalue weighted by Gasteiger charge is -2.38. The maximum Gasteiger partial charge on any atom is 0.316 e. The summed E-state index contributed by atoms with van der Waals surface area (Å²) in [5.41, 5.74) is -0.205. The lowest BCUT2D eigenvalue weighted by molar-refractivity contribution is -0.384. The standard InChI is InChI=1S/C17H18FIN7O3PS/c1-31(29)10-6-23(7-10)16-11-5-20-12(15-14(26(27)28)8-25(21-15)30-19)4-13(11)24(22-16)9-17(18)2-3-17/h4-5,8,10,30H,2-3,6-7,9H2,1H3. The molecule has 0 spiro atoms. The first-order valence-corrected chi connectivity index (χ1v) is 15.2. The van der Waals surface area contributed by atoms with Gasteiger partial charge in [0.15, 0.2) is 11.5 Å². The zero-order chi connectivity index (χ0) is 21.9. The fourth-order valence-electron chi connectivity index (χ4n) is 3.64. The predicted octanol–water partition coefficient (Wildman–Crippen LogP) is 3.06. The molecule has 10 nitrogen and oxygen atoms in total. The third kappa shape index (κ3) is 3.84. The van der Waals surface area contributed by atoms with Gasteiger partial charge in [-0.2, -0.15) is 10.2 Å². The molecule has 31 heavy (non-hydrogen) atoms. The average Bonchev–Trinajstić information content (AvgIpc) is 3.12. The SMILES string of the molecule is CS(=O)C1CN(c2nn(CC3(F)CC3)c3cc(-c4nn(PI)cc4[N+](=O)[O-])ncc23)C1. The van der Waals surface area contributed by atoms with E-state index in [2.05, 4.69) is 37.2 Å². The highest BCUT2D eigenvalue weighted by molar-refractivity contribution is 14.2. The molecule has 14 heteroatoms. The minimum atomic E-state index is -1.27. The van der Waals surface area contributed by atoms with Crippen LogP contribution in [0, 0.1) is 10.1 Å². The Labute approximate surface area is 193 Å². The Morgan fingerprint density at radius 1 is 1.42 bits per heavy atom. The van der Waals surface area contributed by atoms with E-state index in [0.29, 0.717) is 43.0 Å². The summed E-state index contributed by atoms with van der Waals surface area (Å²) in [4.78, 5) is 17.5. The number of pyridine rings is 1. The number of hydrogen-bond acceptors (Lipinski definition) is 7. The average molecular weight is 577 g/mol. The lowest BCUT2D eigenvalue weighted by Crippen LogP contribution is -2.53. The van der Waals surface area contributed by atoms with Gasteiger partial charge in [-0.05, 0) is 40.9 Å². The second kappa shape index (κ2) is 7.69. The van der Waals surface area contributed by atoms with E-state index in [1.807, 2.05) is 4.90 Å². The summed E-state index contributed by atoms with van der Waals surface area (Å²) >= 11 is 2.10. The summed E-state index contributed by atoms with van der Waals surface area (Å²) in [6, 6.07) is 1.70. The lowest BCUT2D eigenvalue weighted by atomic mass is 10.1. The van der Waals surface area contributed by atoms with Crippen LogP contribution in [0.3, 0.4) is 0 Å². The van der Waals surface area contributed by atoms with Crippen molar-refractivity contribution in [2.45, 2.75) is 30.3 Å². The van der Waals surface area contributed by atoms with Crippen LogP contribution in [-0.2, 0) is 17.3 Å². The van der Waals surface area contributed by atoms with Crippen LogP contribution in [-0.4, -0.2) is 63.7 Å². The van der Waals surface area contributed by atoms with Crippen LogP contribution in [0.15, 0.2) is 18.5 Å². The highest BCUT2D eigenvalue weighted by atomic mass is 127. The predicted molar refractivity (Wildman–Crippen MR) is 126 cm³/mol. The summed E-state index contributed by atoms with van der Waals surface area (Å²) in [6.07, 6.45) is 5.90. The van der Waals surface area contributed by atoms with Crippen molar-refractivity contribution in [2.75, 3.05) is 24.2 Å². The quantitative estimate of drug-likeness (QED) is 0.184. The summed E-state index contributed by atoms with van der Waals surface area (Å²) < 4.78 is 29.4.